The van der Waals surface area contributed by atoms with Crippen LogP contribution in [0.2, 0.25) is 0 Å². The van der Waals surface area contributed by atoms with E-state index >= 15 is 0 Å². The SMILES string of the molecule is O=S(=O)(O)CCCc1cc(O)cc2ccccc12. The molecule has 0 aliphatic carbocycles. The molecule has 0 aliphatic rings. The Morgan fingerprint density at radius 3 is 2.56 bits per heavy atom. The number of phenols is 1. The molecule has 0 radical (unpaired) electrons. The first kappa shape index (κ1) is 12.9. The van der Waals surface area contributed by atoms with Crippen molar-refractivity contribution < 1.29 is 18.1 Å². The molecule has 0 amide bonds. The average molecular weight is 266 g/mol. The average Bonchev–Trinajstić information content (AvgIpc) is 2.27. The molecule has 0 aliphatic heterocycles. The van der Waals surface area contributed by atoms with Gasteiger partial charge in [0, 0.05) is 0 Å². The maximum Gasteiger partial charge on any atom is 0.264 e. The minimum absolute atomic E-state index is 0.163. The van der Waals surface area contributed by atoms with Crippen LogP contribution >= 0.6 is 0 Å². The summed E-state index contributed by atoms with van der Waals surface area (Å²) in [6.45, 7) is 0. The molecule has 0 saturated carbocycles. The second-order valence-electron chi connectivity index (χ2n) is 4.22. The van der Waals surface area contributed by atoms with Gasteiger partial charge in [-0.15, -0.1) is 0 Å². The quantitative estimate of drug-likeness (QED) is 0.833. The van der Waals surface area contributed by atoms with Gasteiger partial charge in [0.15, 0.2) is 0 Å². The first-order valence-corrected chi connectivity index (χ1v) is 7.22. The maximum absolute atomic E-state index is 10.7. The van der Waals surface area contributed by atoms with E-state index in [-0.39, 0.29) is 11.5 Å². The normalized spacial score (nSPS) is 11.8. The molecular formula is C13H14O4S. The number of fused-ring (bicyclic) bond motifs is 1. The Bertz CT molecular complexity index is 662. The number of rotatable bonds is 4. The molecule has 2 N–H and O–H groups in total. The van der Waals surface area contributed by atoms with Crippen LogP contribution in [0.1, 0.15) is 12.0 Å². The van der Waals surface area contributed by atoms with Gasteiger partial charge in [-0.05, 0) is 41.3 Å². The highest BCUT2D eigenvalue weighted by molar-refractivity contribution is 7.85. The van der Waals surface area contributed by atoms with E-state index < -0.39 is 10.1 Å². The highest BCUT2D eigenvalue weighted by Gasteiger charge is 2.07. The standard InChI is InChI=1S/C13H14O4S/c14-12-8-10-4-1-2-6-13(10)11(9-12)5-3-7-18(15,16)17/h1-2,4,6,8-9,14H,3,5,7H2,(H,15,16,17). The van der Waals surface area contributed by atoms with Gasteiger partial charge in [-0.3, -0.25) is 4.55 Å². The van der Waals surface area contributed by atoms with Crippen LogP contribution in [-0.4, -0.2) is 23.8 Å². The molecule has 2 aromatic carbocycles. The van der Waals surface area contributed by atoms with Crippen LogP contribution in [0, 0.1) is 0 Å². The van der Waals surface area contributed by atoms with Gasteiger partial charge in [0.25, 0.3) is 10.1 Å². The van der Waals surface area contributed by atoms with Crippen molar-refractivity contribution in [1.82, 2.24) is 0 Å². The number of benzene rings is 2. The van der Waals surface area contributed by atoms with Crippen molar-refractivity contribution in [2.24, 2.45) is 0 Å². The third kappa shape index (κ3) is 3.21. The molecule has 0 spiro atoms. The summed E-state index contributed by atoms with van der Waals surface area (Å²) < 4.78 is 30.0. The smallest absolute Gasteiger partial charge is 0.264 e. The monoisotopic (exact) mass is 266 g/mol. The molecule has 0 atom stereocenters. The number of hydrogen-bond donors (Lipinski definition) is 2. The van der Waals surface area contributed by atoms with E-state index in [0.29, 0.717) is 12.8 Å². The van der Waals surface area contributed by atoms with E-state index in [1.165, 1.54) is 0 Å². The van der Waals surface area contributed by atoms with Crippen LogP contribution in [0.15, 0.2) is 36.4 Å². The van der Waals surface area contributed by atoms with Crippen molar-refractivity contribution >= 4 is 20.9 Å². The zero-order valence-electron chi connectivity index (χ0n) is 9.70. The highest BCUT2D eigenvalue weighted by atomic mass is 32.2. The van der Waals surface area contributed by atoms with Gasteiger partial charge in [0.2, 0.25) is 0 Å². The molecule has 2 rings (SSSR count). The van der Waals surface area contributed by atoms with Gasteiger partial charge in [-0.25, -0.2) is 0 Å². The van der Waals surface area contributed by atoms with Crippen LogP contribution in [0.5, 0.6) is 5.75 Å². The lowest BCUT2D eigenvalue weighted by Gasteiger charge is -2.07. The minimum Gasteiger partial charge on any atom is -0.508 e. The highest BCUT2D eigenvalue weighted by Crippen LogP contribution is 2.25. The molecule has 2 aromatic rings. The van der Waals surface area contributed by atoms with E-state index in [2.05, 4.69) is 0 Å². The summed E-state index contributed by atoms with van der Waals surface area (Å²) in [5.74, 6) is -0.104. The van der Waals surface area contributed by atoms with Gasteiger partial charge >= 0.3 is 0 Å². The molecule has 18 heavy (non-hydrogen) atoms. The molecule has 0 heterocycles. The summed E-state index contributed by atoms with van der Waals surface area (Å²) in [5.41, 5.74) is 0.884. The fourth-order valence-corrected chi connectivity index (χ4v) is 2.53. The van der Waals surface area contributed by atoms with E-state index in [1.54, 1.807) is 12.1 Å². The second-order valence-corrected chi connectivity index (χ2v) is 5.79. The van der Waals surface area contributed by atoms with Gasteiger partial charge < -0.3 is 5.11 Å². The van der Waals surface area contributed by atoms with Crippen molar-refractivity contribution in [2.75, 3.05) is 5.75 Å². The van der Waals surface area contributed by atoms with Crippen LogP contribution in [0.3, 0.4) is 0 Å². The Morgan fingerprint density at radius 2 is 1.83 bits per heavy atom. The van der Waals surface area contributed by atoms with E-state index in [4.69, 9.17) is 4.55 Å². The number of phenolic OH excluding ortho intramolecular Hbond substituents is 1. The van der Waals surface area contributed by atoms with Gasteiger partial charge in [-0.2, -0.15) is 8.42 Å². The summed E-state index contributed by atoms with van der Waals surface area (Å²) in [7, 11) is -3.92. The fraction of sp³-hybridized carbons (Fsp3) is 0.231. The third-order valence-corrected chi connectivity index (χ3v) is 3.59. The number of aromatic hydroxyl groups is 1. The second kappa shape index (κ2) is 4.96. The first-order valence-electron chi connectivity index (χ1n) is 5.61. The zero-order valence-corrected chi connectivity index (χ0v) is 10.5. The van der Waals surface area contributed by atoms with Gasteiger partial charge in [0.1, 0.15) is 5.75 Å². The Hall–Kier alpha value is -1.59. The van der Waals surface area contributed by atoms with Crippen LogP contribution in [-0.2, 0) is 16.5 Å². The first-order chi connectivity index (χ1) is 8.46. The van der Waals surface area contributed by atoms with Crippen molar-refractivity contribution in [2.45, 2.75) is 12.8 Å². The van der Waals surface area contributed by atoms with Gasteiger partial charge in [-0.1, -0.05) is 24.3 Å². The molecule has 0 saturated heterocycles. The molecule has 0 aromatic heterocycles. The molecular weight excluding hydrogens is 252 g/mol. The number of hydrogen-bond acceptors (Lipinski definition) is 3. The largest absolute Gasteiger partial charge is 0.508 e. The lowest BCUT2D eigenvalue weighted by Crippen LogP contribution is -2.04. The topological polar surface area (TPSA) is 74.6 Å². The molecule has 0 bridgehead atoms. The van der Waals surface area contributed by atoms with Gasteiger partial charge in [0.05, 0.1) is 5.75 Å². The lowest BCUT2D eigenvalue weighted by atomic mass is 10.0. The lowest BCUT2D eigenvalue weighted by molar-refractivity contribution is 0.475. The molecule has 5 heteroatoms. The van der Waals surface area contributed by atoms with Crippen LogP contribution in [0.4, 0.5) is 0 Å². The third-order valence-electron chi connectivity index (χ3n) is 2.78. The van der Waals surface area contributed by atoms with E-state index in [1.807, 2.05) is 24.3 Å². The Labute approximate surface area is 106 Å². The summed E-state index contributed by atoms with van der Waals surface area (Å²) in [5, 5.41) is 11.5. The predicted octanol–water partition coefficient (Wildman–Crippen LogP) is 2.37. The predicted molar refractivity (Wildman–Crippen MR) is 70.3 cm³/mol. The van der Waals surface area contributed by atoms with E-state index in [0.717, 1.165) is 16.3 Å². The van der Waals surface area contributed by atoms with Crippen molar-refractivity contribution in [3.8, 4) is 5.75 Å². The summed E-state index contributed by atoms with van der Waals surface area (Å²) in [6, 6.07) is 10.9. The summed E-state index contributed by atoms with van der Waals surface area (Å²) >= 11 is 0. The Morgan fingerprint density at radius 1 is 1.11 bits per heavy atom. The molecule has 0 unspecified atom stereocenters. The maximum atomic E-state index is 10.7. The van der Waals surface area contributed by atoms with Crippen molar-refractivity contribution in [3.05, 3.63) is 42.0 Å². The zero-order chi connectivity index (χ0) is 13.2. The minimum atomic E-state index is -3.92. The molecule has 0 fully saturated rings. The fourth-order valence-electron chi connectivity index (χ4n) is 2.02. The van der Waals surface area contributed by atoms with Crippen LogP contribution in [0.25, 0.3) is 10.8 Å². The Balaban J connectivity index is 2.27. The van der Waals surface area contributed by atoms with E-state index in [9.17, 15) is 13.5 Å². The Kier molecular flexibility index (Phi) is 3.54. The molecule has 4 nitrogen and oxygen atoms in total. The van der Waals surface area contributed by atoms with Crippen molar-refractivity contribution in [3.63, 3.8) is 0 Å². The molecule has 96 valence electrons. The summed E-state index contributed by atoms with van der Waals surface area (Å²) in [4.78, 5) is 0. The van der Waals surface area contributed by atoms with Crippen molar-refractivity contribution in [1.29, 1.82) is 0 Å². The number of aryl methyl sites for hydroxylation is 1. The summed E-state index contributed by atoms with van der Waals surface area (Å²) in [6.07, 6.45) is 0.820. The van der Waals surface area contributed by atoms with Crippen LogP contribution < -0.4 is 0 Å².